The van der Waals surface area contributed by atoms with E-state index in [1.807, 2.05) is 54.6 Å². The van der Waals surface area contributed by atoms with Crippen LogP contribution in [0.15, 0.2) is 60.7 Å². The maximum atomic E-state index is 12.5. The van der Waals surface area contributed by atoms with Gasteiger partial charge in [-0.25, -0.2) is 4.68 Å². The van der Waals surface area contributed by atoms with Gasteiger partial charge in [0.25, 0.3) is 0 Å². The van der Waals surface area contributed by atoms with Gasteiger partial charge >= 0.3 is 5.97 Å². The second-order valence-electron chi connectivity index (χ2n) is 6.75. The molecule has 0 atom stereocenters. The van der Waals surface area contributed by atoms with Crippen LogP contribution in [-0.2, 0) is 4.79 Å². The molecule has 1 heterocycles. The average molecular weight is 385 g/mol. The quantitative estimate of drug-likeness (QED) is 0.456. The highest BCUT2D eigenvalue weighted by molar-refractivity contribution is 6.19. The number of benzene rings is 2. The summed E-state index contributed by atoms with van der Waals surface area (Å²) in [7, 11) is 1.61. The Hall–Kier alpha value is -2.79. The van der Waals surface area contributed by atoms with E-state index in [1.54, 1.807) is 31.7 Å². The molecule has 140 valence electrons. The van der Waals surface area contributed by atoms with Gasteiger partial charge in [0.05, 0.1) is 23.9 Å². The zero-order valence-electron chi connectivity index (χ0n) is 15.5. The summed E-state index contributed by atoms with van der Waals surface area (Å²) in [6, 6.07) is 18.8. The molecule has 6 heteroatoms. The Kier molecular flexibility index (Phi) is 5.51. The number of esters is 1. The Labute approximate surface area is 163 Å². The van der Waals surface area contributed by atoms with Crippen molar-refractivity contribution in [2.24, 2.45) is 5.41 Å². The summed E-state index contributed by atoms with van der Waals surface area (Å²) in [5.41, 5.74) is 1.59. The summed E-state index contributed by atoms with van der Waals surface area (Å²) in [6.45, 7) is 3.49. The zero-order chi connectivity index (χ0) is 19.4. The molecular weight excluding hydrogens is 364 g/mol. The molecule has 0 aliphatic heterocycles. The molecule has 0 N–H and O–H groups in total. The van der Waals surface area contributed by atoms with E-state index >= 15 is 0 Å². The molecule has 5 nitrogen and oxygen atoms in total. The van der Waals surface area contributed by atoms with E-state index in [1.165, 1.54) is 0 Å². The van der Waals surface area contributed by atoms with Crippen LogP contribution in [-0.4, -0.2) is 28.7 Å². The number of carbonyl (C=O) groups excluding carboxylic acids is 1. The minimum Gasteiger partial charge on any atom is -0.497 e. The number of rotatable bonds is 6. The first kappa shape index (κ1) is 19.0. The van der Waals surface area contributed by atoms with Gasteiger partial charge in [-0.05, 0) is 38.1 Å². The summed E-state index contributed by atoms with van der Waals surface area (Å²) in [5.74, 6) is 0.818. The standard InChI is InChI=1S/C21H21ClN2O3/c1-21(2,14-22)20(25)27-19-13-18(15-7-5-4-6-8-15)23-24(19)16-9-11-17(26-3)12-10-16/h4-13H,14H2,1-3H3. The molecule has 3 aromatic rings. The second-order valence-corrected chi connectivity index (χ2v) is 7.02. The predicted octanol–water partition coefficient (Wildman–Crippen LogP) is 4.72. The molecule has 0 amide bonds. The Morgan fingerprint density at radius 2 is 1.78 bits per heavy atom. The van der Waals surface area contributed by atoms with Crippen LogP contribution in [0.25, 0.3) is 16.9 Å². The van der Waals surface area contributed by atoms with Gasteiger partial charge in [-0.3, -0.25) is 4.79 Å². The molecular formula is C21H21ClN2O3. The SMILES string of the molecule is COc1ccc(-n2nc(-c3ccccc3)cc2OC(=O)C(C)(C)CCl)cc1. The molecule has 0 aliphatic rings. The Bertz CT molecular complexity index is 918. The van der Waals surface area contributed by atoms with Crippen LogP contribution in [0.1, 0.15) is 13.8 Å². The number of ether oxygens (including phenoxy) is 2. The molecule has 0 saturated carbocycles. The third kappa shape index (κ3) is 4.14. The maximum Gasteiger partial charge on any atom is 0.319 e. The van der Waals surface area contributed by atoms with Gasteiger partial charge in [0.2, 0.25) is 5.88 Å². The average Bonchev–Trinajstić information content (AvgIpc) is 3.12. The van der Waals surface area contributed by atoms with Crippen LogP contribution in [0.3, 0.4) is 0 Å². The number of hydrogen-bond donors (Lipinski definition) is 0. The van der Waals surface area contributed by atoms with Crippen LogP contribution in [0.5, 0.6) is 11.6 Å². The Morgan fingerprint density at radius 1 is 1.11 bits per heavy atom. The fourth-order valence-electron chi connectivity index (χ4n) is 2.38. The number of hydrogen-bond acceptors (Lipinski definition) is 4. The van der Waals surface area contributed by atoms with E-state index in [2.05, 4.69) is 5.10 Å². The lowest BCUT2D eigenvalue weighted by atomic mass is 9.97. The highest BCUT2D eigenvalue weighted by atomic mass is 35.5. The highest BCUT2D eigenvalue weighted by Gasteiger charge is 2.30. The third-order valence-electron chi connectivity index (χ3n) is 4.15. The molecule has 27 heavy (non-hydrogen) atoms. The van der Waals surface area contributed by atoms with Crippen molar-refractivity contribution in [3.8, 4) is 28.6 Å². The van der Waals surface area contributed by atoms with Gasteiger partial charge in [0.15, 0.2) is 0 Å². The molecule has 1 aromatic heterocycles. The van der Waals surface area contributed by atoms with E-state index in [9.17, 15) is 4.79 Å². The van der Waals surface area contributed by atoms with Crippen molar-refractivity contribution in [3.05, 3.63) is 60.7 Å². The molecule has 0 aliphatic carbocycles. The van der Waals surface area contributed by atoms with Gasteiger partial charge in [-0.2, -0.15) is 5.10 Å². The van der Waals surface area contributed by atoms with Crippen molar-refractivity contribution in [2.45, 2.75) is 13.8 Å². The fourth-order valence-corrected chi connectivity index (χ4v) is 2.49. The van der Waals surface area contributed by atoms with Gasteiger partial charge in [-0.1, -0.05) is 30.3 Å². The molecule has 0 bridgehead atoms. The molecule has 0 unspecified atom stereocenters. The zero-order valence-corrected chi connectivity index (χ0v) is 16.2. The highest BCUT2D eigenvalue weighted by Crippen LogP contribution is 2.29. The first-order chi connectivity index (χ1) is 12.9. The lowest BCUT2D eigenvalue weighted by molar-refractivity contribution is -0.143. The molecule has 0 radical (unpaired) electrons. The van der Waals surface area contributed by atoms with Crippen molar-refractivity contribution in [2.75, 3.05) is 13.0 Å². The largest absolute Gasteiger partial charge is 0.497 e. The maximum absolute atomic E-state index is 12.5. The monoisotopic (exact) mass is 384 g/mol. The summed E-state index contributed by atoms with van der Waals surface area (Å²) >= 11 is 5.91. The van der Waals surface area contributed by atoms with Crippen LogP contribution < -0.4 is 9.47 Å². The molecule has 0 spiro atoms. The van der Waals surface area contributed by atoms with Gasteiger partial charge in [0.1, 0.15) is 5.75 Å². The molecule has 2 aromatic carbocycles. The van der Waals surface area contributed by atoms with Gasteiger partial charge < -0.3 is 9.47 Å². The van der Waals surface area contributed by atoms with Crippen molar-refractivity contribution < 1.29 is 14.3 Å². The lowest BCUT2D eigenvalue weighted by Gasteiger charge is -2.19. The van der Waals surface area contributed by atoms with Crippen LogP contribution >= 0.6 is 11.6 Å². The van der Waals surface area contributed by atoms with Crippen molar-refractivity contribution in [1.82, 2.24) is 9.78 Å². The Morgan fingerprint density at radius 3 is 2.37 bits per heavy atom. The third-order valence-corrected chi connectivity index (χ3v) is 4.82. The molecule has 3 rings (SSSR count). The van der Waals surface area contributed by atoms with Gasteiger partial charge in [0, 0.05) is 17.5 Å². The lowest BCUT2D eigenvalue weighted by Crippen LogP contribution is -2.31. The van der Waals surface area contributed by atoms with Crippen molar-refractivity contribution in [1.29, 1.82) is 0 Å². The van der Waals surface area contributed by atoms with E-state index < -0.39 is 11.4 Å². The van der Waals surface area contributed by atoms with Crippen molar-refractivity contribution in [3.63, 3.8) is 0 Å². The second kappa shape index (κ2) is 7.84. The number of nitrogens with zero attached hydrogens (tertiary/aromatic N) is 2. The van der Waals surface area contributed by atoms with Gasteiger partial charge in [-0.15, -0.1) is 11.6 Å². The number of alkyl halides is 1. The minimum absolute atomic E-state index is 0.161. The van der Waals surface area contributed by atoms with E-state index in [-0.39, 0.29) is 5.88 Å². The molecule has 0 saturated heterocycles. The predicted molar refractivity (Wildman–Crippen MR) is 106 cm³/mol. The topological polar surface area (TPSA) is 53.4 Å². The van der Waals surface area contributed by atoms with E-state index in [0.717, 1.165) is 17.0 Å². The van der Waals surface area contributed by atoms with Crippen molar-refractivity contribution >= 4 is 17.6 Å². The Balaban J connectivity index is 2.03. The summed E-state index contributed by atoms with van der Waals surface area (Å²) in [4.78, 5) is 12.5. The van der Waals surface area contributed by atoms with Crippen LogP contribution in [0, 0.1) is 5.41 Å². The van der Waals surface area contributed by atoms with E-state index in [4.69, 9.17) is 21.1 Å². The van der Waals surface area contributed by atoms with Crippen LogP contribution in [0.2, 0.25) is 0 Å². The minimum atomic E-state index is -0.802. The summed E-state index contributed by atoms with van der Waals surface area (Å²) in [6.07, 6.45) is 0. The first-order valence-corrected chi connectivity index (χ1v) is 9.06. The van der Waals surface area contributed by atoms with E-state index in [0.29, 0.717) is 11.6 Å². The molecule has 0 fully saturated rings. The summed E-state index contributed by atoms with van der Waals surface area (Å²) < 4.78 is 12.5. The number of aromatic nitrogens is 2. The van der Waals surface area contributed by atoms with Crippen LogP contribution in [0.4, 0.5) is 0 Å². The first-order valence-electron chi connectivity index (χ1n) is 8.53. The normalized spacial score (nSPS) is 11.3. The number of halogens is 1. The fraction of sp³-hybridized carbons (Fsp3) is 0.238. The summed E-state index contributed by atoms with van der Waals surface area (Å²) in [5, 5.41) is 4.63. The number of carbonyl (C=O) groups is 1. The smallest absolute Gasteiger partial charge is 0.319 e. The number of methoxy groups -OCH3 is 1.